The SMILES string of the molecule is C=C[C@](C)(CC/C=C(\C)C(=O)O[C@@H]1[C@@H](O)[C@H](O)[C@@H](O[C@](C)(C=C)CC/C=C(\C)C(=O)O[C@H]2C[C@]3(C(=O)O[C@H]4O[C@@H](CO)[C@H](O)[C@@H](O)[C@@H]4O[C@H]4O[C@@H](C)[C@H](O[C@H]5O[C@H](CO)[C@@H](O)[C@@H]5O)[C@@H](O[C@H]5O[C@@H](CO)[C@H](O)[C@@H](O)[C@@H]5O)[C@@H]4O)[C@@H](O)C[C@@]4(C)C(=CC[C@H]5[C@@]6(C)CC[C@@H](O[C@@H]7O[C@H](CO[C@H]8O[C@@H](C)[C@H](O)[C@@H](O)[C@@H]8O[C@H]8OC[C@H](O)[C@@H](O)[C@@H]8O)[C@@H](O)[C@H](O)[C@H]7O)C(C)(C)[C@H]6CC[C@@]54C)[C@@H]3CC2(C)C)O[C@H]1C)O[C@H]1O[C@@H](C)[C@H](O)[C@@H](O)[C@@H]1O. The summed E-state index contributed by atoms with van der Waals surface area (Å²) in [5, 5.41) is 280. The largest absolute Gasteiger partial charge is 0.458 e. The van der Waals surface area contributed by atoms with E-state index in [2.05, 4.69) is 40.0 Å². The molecule has 150 heavy (non-hydrogen) atoms. The van der Waals surface area contributed by atoms with Crippen LogP contribution in [0.5, 0.6) is 0 Å². The minimum absolute atomic E-state index is 0.0135. The van der Waals surface area contributed by atoms with Crippen molar-refractivity contribution in [3.63, 3.8) is 0 Å². The molecule has 9 saturated heterocycles. The first-order valence-corrected chi connectivity index (χ1v) is 52.1. The number of aliphatic hydroxyl groups excluding tert-OH is 25. The molecule has 0 unspecified atom stereocenters. The number of rotatable bonds is 34. The lowest BCUT2D eigenvalue weighted by Gasteiger charge is -2.72. The Morgan fingerprint density at radius 1 is 0.413 bits per heavy atom. The third kappa shape index (κ3) is 23.2. The fraction of sp³-hybridized carbons (Fsp3) is 0.873. The molecule has 14 rings (SSSR count). The number of aliphatic hydroxyl groups is 25. The summed E-state index contributed by atoms with van der Waals surface area (Å²) >= 11 is 0. The fourth-order valence-corrected chi connectivity index (χ4v) is 25.6. The molecule has 0 bridgehead atoms. The maximum atomic E-state index is 16.9. The Bertz CT molecular complexity index is 4640. The summed E-state index contributed by atoms with van der Waals surface area (Å²) < 4.78 is 122. The van der Waals surface area contributed by atoms with Crippen molar-refractivity contribution in [2.45, 2.75) is 475 Å². The Kier molecular flexibility index (Phi) is 38.2. The molecule has 25 N–H and O–H groups in total. The van der Waals surface area contributed by atoms with Gasteiger partial charge in [0.2, 0.25) is 6.29 Å². The minimum Gasteiger partial charge on any atom is -0.458 e. The van der Waals surface area contributed by atoms with Crippen LogP contribution in [-0.4, -0.2) is 472 Å². The Labute approximate surface area is 869 Å². The molecule has 14 aliphatic rings. The van der Waals surface area contributed by atoms with E-state index in [0.717, 1.165) is 5.57 Å². The van der Waals surface area contributed by atoms with Gasteiger partial charge in [-0.3, -0.25) is 4.79 Å². The maximum Gasteiger partial charge on any atom is 0.333 e. The van der Waals surface area contributed by atoms with E-state index >= 15 is 9.59 Å². The van der Waals surface area contributed by atoms with E-state index in [1.165, 1.54) is 53.7 Å². The van der Waals surface area contributed by atoms with Gasteiger partial charge in [-0.2, -0.15) is 0 Å². The van der Waals surface area contributed by atoms with Gasteiger partial charge in [-0.1, -0.05) is 84.4 Å². The van der Waals surface area contributed by atoms with E-state index in [0.29, 0.717) is 32.1 Å². The van der Waals surface area contributed by atoms with Gasteiger partial charge in [0.05, 0.1) is 80.9 Å². The average molecular weight is 2160 g/mol. The van der Waals surface area contributed by atoms with Gasteiger partial charge < -0.3 is 222 Å². The first kappa shape index (κ1) is 121. The van der Waals surface area contributed by atoms with E-state index in [9.17, 15) is 132 Å². The minimum atomic E-state index is -2.28. The highest BCUT2D eigenvalue weighted by molar-refractivity contribution is 5.88. The van der Waals surface area contributed by atoms with Crippen molar-refractivity contribution in [3.05, 3.63) is 60.3 Å². The number of hydrogen-bond donors (Lipinski definition) is 25. The summed E-state index contributed by atoms with van der Waals surface area (Å²) in [5.74, 6) is -4.34. The molecular weight excluding hydrogens is 1990 g/mol. The Balaban J connectivity index is 0.711. The molecule has 9 heterocycles. The van der Waals surface area contributed by atoms with Gasteiger partial charge in [-0.15, -0.1) is 13.2 Å². The number of allylic oxidation sites excluding steroid dienone is 4. The normalized spacial score (nSPS) is 49.7. The smallest absolute Gasteiger partial charge is 0.333 e. The van der Waals surface area contributed by atoms with Gasteiger partial charge in [0.1, 0.15) is 182 Å². The van der Waals surface area contributed by atoms with E-state index in [4.69, 9.17) is 94.7 Å². The summed E-state index contributed by atoms with van der Waals surface area (Å²) in [7, 11) is 0. The van der Waals surface area contributed by atoms with Gasteiger partial charge in [0.25, 0.3) is 0 Å². The van der Waals surface area contributed by atoms with E-state index in [-0.39, 0.29) is 61.5 Å². The van der Waals surface area contributed by atoms with Crippen LogP contribution < -0.4 is 0 Å². The molecule has 48 nitrogen and oxygen atoms in total. The van der Waals surface area contributed by atoms with Crippen LogP contribution in [0.25, 0.3) is 0 Å². The molecule has 858 valence electrons. The van der Waals surface area contributed by atoms with Crippen LogP contribution in [0.2, 0.25) is 0 Å². The summed E-state index contributed by atoms with van der Waals surface area (Å²) in [6.45, 7) is 30.2. The monoisotopic (exact) mass is 2160 g/mol. The summed E-state index contributed by atoms with van der Waals surface area (Å²) in [5.41, 5.74) is -8.00. The Morgan fingerprint density at radius 3 is 1.41 bits per heavy atom. The molecule has 5 aliphatic carbocycles. The van der Waals surface area contributed by atoms with Crippen LogP contribution in [-0.2, 0) is 109 Å². The molecule has 13 fully saturated rings. The molecular formula is C102H162O48. The fourth-order valence-electron chi connectivity index (χ4n) is 25.6. The summed E-state index contributed by atoms with van der Waals surface area (Å²) in [6, 6.07) is 0. The van der Waals surface area contributed by atoms with Gasteiger partial charge in [0.15, 0.2) is 62.5 Å². The van der Waals surface area contributed by atoms with Crippen molar-refractivity contribution in [2.24, 2.45) is 50.2 Å². The standard InChI is InChI=1S/C102H162O48/c1-18-97(13,149-90-75(125)65(115)58(108)42(5)133-90)29-21-23-41(4)84(129)143-78-44(7)136-91(76(126)70(78)120)150-98(14,19-2)28-20-22-40(3)83(128)141-57-34-102(94(130)148-93-82(69(119)62(112)50(36-104)139-93)147-89-77(127)80(145-88-74(124)66(116)61(111)49(35-103)137-88)79(45(8)135-89)144-87-72(122)63(113)51(37-105)138-87)47(32-95(57,9)10)46-24-25-54-99(15)30-27-56(96(11,12)53(99)26-31-100(54,16)101(46,17)33-55(102)107)142-86-73(123)67(117)64(114)52(140-86)39-132-92-81(68(118)59(109)43(6)134-92)146-85-71(121)60(110)48(106)38-131-85/h18-19,22-24,42-45,47-82,85-93,103-127H,1-2,20-21,25-39H2,3-17H3/b40-22+,41-23+/t42-,43-,44-,45-,47-,48-,49-,50-,51+,52+,53+,54-,55-,56+,57-,58-,59-,60+,61-,62-,63+,64+,65+,66+,67-,68+,69+,70-,71-,72-,73+,74-,75-,76-,77-,78-,79-,80-,81-,82-,85+,86-,87+,88+,89+,90+,91+,92-,93+,97+,98+,99-,100-,101-,102+/m0/s1. The third-order valence-electron chi connectivity index (χ3n) is 35.6. The first-order chi connectivity index (χ1) is 70.2. The molecule has 48 heteroatoms. The van der Waals surface area contributed by atoms with Crippen LogP contribution in [0, 0.1) is 50.2 Å². The molecule has 0 aromatic carbocycles. The number of esters is 3. The van der Waals surface area contributed by atoms with E-state index in [1.807, 2.05) is 27.7 Å². The van der Waals surface area contributed by atoms with Gasteiger partial charge in [-0.05, 0) is 165 Å². The van der Waals surface area contributed by atoms with Crippen molar-refractivity contribution in [1.82, 2.24) is 0 Å². The van der Waals surface area contributed by atoms with Gasteiger partial charge in [-0.25, -0.2) is 9.59 Å². The van der Waals surface area contributed by atoms with Crippen LogP contribution in [0.4, 0.5) is 0 Å². The van der Waals surface area contributed by atoms with Crippen LogP contribution in [0.15, 0.2) is 60.3 Å². The van der Waals surface area contributed by atoms with Gasteiger partial charge in [0, 0.05) is 23.0 Å². The molecule has 0 aromatic heterocycles. The molecule has 9 aliphatic heterocycles. The number of carbonyl (C=O) groups is 3. The zero-order valence-corrected chi connectivity index (χ0v) is 87.2. The third-order valence-corrected chi connectivity index (χ3v) is 35.6. The lowest BCUT2D eigenvalue weighted by atomic mass is 9.33. The highest BCUT2D eigenvalue weighted by Crippen LogP contribution is 2.77. The molecule has 0 radical (unpaired) electrons. The van der Waals surface area contributed by atoms with Crippen LogP contribution in [0.1, 0.15) is 181 Å². The average Bonchev–Trinajstić information content (AvgIpc) is 0.778. The van der Waals surface area contributed by atoms with E-state index in [1.54, 1.807) is 26.0 Å². The number of ether oxygens (including phenoxy) is 20. The predicted molar refractivity (Wildman–Crippen MR) is 506 cm³/mol. The second kappa shape index (κ2) is 47.4. The highest BCUT2D eigenvalue weighted by Gasteiger charge is 2.75. The number of hydrogen-bond acceptors (Lipinski definition) is 48. The van der Waals surface area contributed by atoms with Crippen molar-refractivity contribution in [3.8, 4) is 0 Å². The molecule has 4 saturated carbocycles. The quantitative estimate of drug-likeness (QED) is 0.00942. The second-order valence-corrected chi connectivity index (χ2v) is 46.2. The van der Waals surface area contributed by atoms with E-state index < -0.39 is 389 Å². The number of carbonyl (C=O) groups excluding carboxylic acids is 3. The van der Waals surface area contributed by atoms with Crippen molar-refractivity contribution in [2.75, 3.05) is 33.0 Å². The predicted octanol–water partition coefficient (Wildman–Crippen LogP) is -5.16. The van der Waals surface area contributed by atoms with Crippen molar-refractivity contribution >= 4 is 17.9 Å². The van der Waals surface area contributed by atoms with Crippen LogP contribution >= 0.6 is 0 Å². The topological polar surface area (TPSA) is 742 Å². The first-order valence-electron chi connectivity index (χ1n) is 52.1. The summed E-state index contributed by atoms with van der Waals surface area (Å²) in [4.78, 5) is 45.6. The molecule has 55 atom stereocenters. The molecule has 0 aromatic rings. The Morgan fingerprint density at radius 2 is 0.840 bits per heavy atom. The molecule has 0 amide bonds. The second-order valence-electron chi connectivity index (χ2n) is 46.2. The number of fused-ring (bicyclic) bond motifs is 7. The van der Waals surface area contributed by atoms with Gasteiger partial charge >= 0.3 is 17.9 Å². The molecule has 0 spiro atoms. The van der Waals surface area contributed by atoms with Crippen molar-refractivity contribution < 1.29 is 237 Å². The Hall–Kier alpha value is -4.57. The van der Waals surface area contributed by atoms with Crippen LogP contribution in [0.3, 0.4) is 0 Å². The highest BCUT2D eigenvalue weighted by atomic mass is 16.8. The zero-order valence-electron chi connectivity index (χ0n) is 87.2. The lowest BCUT2D eigenvalue weighted by molar-refractivity contribution is -0.390. The zero-order chi connectivity index (χ0) is 110. The summed E-state index contributed by atoms with van der Waals surface area (Å²) in [6.07, 6.45) is -67.3. The lowest BCUT2D eigenvalue weighted by Crippen LogP contribution is -2.70. The maximum absolute atomic E-state index is 16.9. The van der Waals surface area contributed by atoms with Crippen molar-refractivity contribution in [1.29, 1.82) is 0 Å².